The molecule has 1 saturated heterocycles. The Bertz CT molecular complexity index is 837. The first-order valence-corrected chi connectivity index (χ1v) is 7.47. The van der Waals surface area contributed by atoms with Crippen LogP contribution in [0.25, 0.3) is 16.9 Å². The van der Waals surface area contributed by atoms with Crippen molar-refractivity contribution in [1.82, 2.24) is 24.3 Å². The summed E-state index contributed by atoms with van der Waals surface area (Å²) in [5, 5.41) is 0. The highest BCUT2D eigenvalue weighted by Gasteiger charge is 2.19. The second-order valence-electron chi connectivity index (χ2n) is 5.47. The molecule has 23 heavy (non-hydrogen) atoms. The van der Waals surface area contributed by atoms with Crippen molar-refractivity contribution in [3.05, 3.63) is 30.5 Å². The predicted molar refractivity (Wildman–Crippen MR) is 86.2 cm³/mol. The van der Waals surface area contributed by atoms with E-state index in [0.717, 1.165) is 41.5 Å². The van der Waals surface area contributed by atoms with Gasteiger partial charge in [-0.3, -0.25) is 4.40 Å². The first kappa shape index (κ1) is 13.9. The number of imidazole rings is 1. The lowest BCUT2D eigenvalue weighted by Gasteiger charge is -2.28. The van der Waals surface area contributed by atoms with Gasteiger partial charge in [-0.25, -0.2) is 19.9 Å². The standard InChI is InChI=1S/C15H17N7O/c1-10-6-17-13-14(21-2-4-23-5-3-21)20-12(9-22(10)13)11-7-18-15(16)19-8-11/h6-9H,2-5H2,1H3,(H2,16,18,19). The maximum absolute atomic E-state index is 5.57. The van der Waals surface area contributed by atoms with Crippen LogP contribution in [0.2, 0.25) is 0 Å². The van der Waals surface area contributed by atoms with Gasteiger partial charge in [0.1, 0.15) is 0 Å². The van der Waals surface area contributed by atoms with Crippen molar-refractivity contribution in [2.75, 3.05) is 36.9 Å². The Hall–Kier alpha value is -2.74. The first-order chi connectivity index (χ1) is 11.2. The van der Waals surface area contributed by atoms with E-state index in [1.165, 1.54) is 0 Å². The van der Waals surface area contributed by atoms with Gasteiger partial charge in [0.05, 0.1) is 18.9 Å². The normalized spacial score (nSPS) is 15.3. The highest BCUT2D eigenvalue weighted by Crippen LogP contribution is 2.25. The Kier molecular flexibility index (Phi) is 3.30. The number of aromatic nitrogens is 5. The Morgan fingerprint density at radius 2 is 1.83 bits per heavy atom. The summed E-state index contributed by atoms with van der Waals surface area (Å²) in [5.41, 5.74) is 9.09. The average Bonchev–Trinajstić information content (AvgIpc) is 2.97. The number of aryl methyl sites for hydroxylation is 1. The SMILES string of the molecule is Cc1cnc2c(N3CCOCC3)nc(-c3cnc(N)nc3)cn12. The van der Waals surface area contributed by atoms with E-state index in [4.69, 9.17) is 15.5 Å². The number of anilines is 2. The van der Waals surface area contributed by atoms with Crippen LogP contribution in [-0.2, 0) is 4.74 Å². The van der Waals surface area contributed by atoms with Gasteiger partial charge in [-0.05, 0) is 6.92 Å². The quantitative estimate of drug-likeness (QED) is 0.751. The molecule has 0 radical (unpaired) electrons. The number of nitrogen functional groups attached to an aromatic ring is 1. The van der Waals surface area contributed by atoms with Gasteiger partial charge in [0.2, 0.25) is 5.95 Å². The third-order valence-electron chi connectivity index (χ3n) is 3.94. The van der Waals surface area contributed by atoms with E-state index < -0.39 is 0 Å². The molecule has 0 unspecified atom stereocenters. The van der Waals surface area contributed by atoms with Gasteiger partial charge in [0.25, 0.3) is 0 Å². The van der Waals surface area contributed by atoms with E-state index in [9.17, 15) is 0 Å². The molecule has 0 aromatic carbocycles. The largest absolute Gasteiger partial charge is 0.378 e. The van der Waals surface area contributed by atoms with Crippen LogP contribution >= 0.6 is 0 Å². The van der Waals surface area contributed by atoms with Crippen molar-refractivity contribution in [1.29, 1.82) is 0 Å². The third-order valence-corrected chi connectivity index (χ3v) is 3.94. The maximum Gasteiger partial charge on any atom is 0.219 e. The molecule has 118 valence electrons. The van der Waals surface area contributed by atoms with Crippen LogP contribution < -0.4 is 10.6 Å². The molecule has 4 rings (SSSR count). The van der Waals surface area contributed by atoms with E-state index in [1.807, 2.05) is 23.7 Å². The number of hydrogen-bond donors (Lipinski definition) is 1. The van der Waals surface area contributed by atoms with Crippen LogP contribution in [0.5, 0.6) is 0 Å². The summed E-state index contributed by atoms with van der Waals surface area (Å²) >= 11 is 0. The highest BCUT2D eigenvalue weighted by atomic mass is 16.5. The van der Waals surface area contributed by atoms with Crippen molar-refractivity contribution in [3.8, 4) is 11.3 Å². The number of morpholine rings is 1. The molecule has 3 aromatic rings. The molecule has 0 bridgehead atoms. The van der Waals surface area contributed by atoms with E-state index in [-0.39, 0.29) is 5.95 Å². The Morgan fingerprint density at radius 1 is 1.09 bits per heavy atom. The zero-order chi connectivity index (χ0) is 15.8. The van der Waals surface area contributed by atoms with Crippen LogP contribution in [0.1, 0.15) is 5.69 Å². The fourth-order valence-corrected chi connectivity index (χ4v) is 2.69. The summed E-state index contributed by atoms with van der Waals surface area (Å²) in [7, 11) is 0. The molecule has 2 N–H and O–H groups in total. The lowest BCUT2D eigenvalue weighted by atomic mass is 10.2. The molecule has 1 aliphatic rings. The average molecular weight is 311 g/mol. The second kappa shape index (κ2) is 5.47. The van der Waals surface area contributed by atoms with Gasteiger partial charge in [-0.15, -0.1) is 0 Å². The number of nitrogens with zero attached hydrogens (tertiary/aromatic N) is 6. The highest BCUT2D eigenvalue weighted by molar-refractivity contribution is 5.70. The fraction of sp³-hybridized carbons (Fsp3) is 0.333. The molecular formula is C15H17N7O. The second-order valence-corrected chi connectivity index (χ2v) is 5.47. The molecular weight excluding hydrogens is 294 g/mol. The number of fused-ring (bicyclic) bond motifs is 1. The molecule has 4 heterocycles. The van der Waals surface area contributed by atoms with Crippen LogP contribution in [-0.4, -0.2) is 50.6 Å². The van der Waals surface area contributed by atoms with Crippen molar-refractivity contribution in [2.45, 2.75) is 6.92 Å². The van der Waals surface area contributed by atoms with Crippen molar-refractivity contribution in [3.63, 3.8) is 0 Å². The number of nitrogens with two attached hydrogens (primary N) is 1. The fourth-order valence-electron chi connectivity index (χ4n) is 2.69. The van der Waals surface area contributed by atoms with E-state index in [0.29, 0.717) is 13.2 Å². The van der Waals surface area contributed by atoms with Gasteiger partial charge in [0, 0.05) is 49.1 Å². The van der Waals surface area contributed by atoms with Crippen LogP contribution in [0.3, 0.4) is 0 Å². The van der Waals surface area contributed by atoms with E-state index >= 15 is 0 Å². The lowest BCUT2D eigenvalue weighted by molar-refractivity contribution is 0.122. The minimum absolute atomic E-state index is 0.252. The lowest BCUT2D eigenvalue weighted by Crippen LogP contribution is -2.37. The summed E-state index contributed by atoms with van der Waals surface area (Å²) in [6.07, 6.45) is 7.18. The number of rotatable bonds is 2. The molecule has 8 nitrogen and oxygen atoms in total. The monoisotopic (exact) mass is 311 g/mol. The Labute approximate surface area is 133 Å². The Balaban J connectivity index is 1.88. The molecule has 0 saturated carbocycles. The van der Waals surface area contributed by atoms with Crippen molar-refractivity contribution >= 4 is 17.4 Å². The summed E-state index contributed by atoms with van der Waals surface area (Å²) in [6.45, 7) is 5.02. The van der Waals surface area contributed by atoms with Gasteiger partial charge in [-0.1, -0.05) is 0 Å². The van der Waals surface area contributed by atoms with Crippen molar-refractivity contribution < 1.29 is 4.74 Å². The van der Waals surface area contributed by atoms with Gasteiger partial charge in [0.15, 0.2) is 11.5 Å². The summed E-state index contributed by atoms with van der Waals surface area (Å²) in [4.78, 5) is 19.6. The minimum Gasteiger partial charge on any atom is -0.378 e. The zero-order valence-corrected chi connectivity index (χ0v) is 12.8. The van der Waals surface area contributed by atoms with E-state index in [2.05, 4.69) is 19.9 Å². The molecule has 3 aromatic heterocycles. The first-order valence-electron chi connectivity index (χ1n) is 7.47. The molecule has 1 fully saturated rings. The number of ether oxygens (including phenoxy) is 1. The number of hydrogen-bond acceptors (Lipinski definition) is 7. The maximum atomic E-state index is 5.57. The third kappa shape index (κ3) is 2.46. The molecule has 0 spiro atoms. The smallest absolute Gasteiger partial charge is 0.219 e. The molecule has 0 atom stereocenters. The molecule has 8 heteroatoms. The van der Waals surface area contributed by atoms with Crippen molar-refractivity contribution in [2.24, 2.45) is 0 Å². The van der Waals surface area contributed by atoms with Gasteiger partial charge in [-0.2, -0.15) is 0 Å². The predicted octanol–water partition coefficient (Wildman–Crippen LogP) is 0.914. The Morgan fingerprint density at radius 3 is 2.57 bits per heavy atom. The van der Waals surface area contributed by atoms with Gasteiger partial charge >= 0.3 is 0 Å². The molecule has 1 aliphatic heterocycles. The topological polar surface area (TPSA) is 94.5 Å². The molecule has 0 amide bonds. The van der Waals surface area contributed by atoms with Gasteiger partial charge < -0.3 is 15.4 Å². The van der Waals surface area contributed by atoms with Crippen LogP contribution in [0.4, 0.5) is 11.8 Å². The summed E-state index contributed by atoms with van der Waals surface area (Å²) in [5.74, 6) is 1.11. The zero-order valence-electron chi connectivity index (χ0n) is 12.8. The molecule has 0 aliphatic carbocycles. The summed E-state index contributed by atoms with van der Waals surface area (Å²) < 4.78 is 7.48. The minimum atomic E-state index is 0.252. The van der Waals surface area contributed by atoms with E-state index in [1.54, 1.807) is 12.4 Å². The summed E-state index contributed by atoms with van der Waals surface area (Å²) in [6, 6.07) is 0. The van der Waals surface area contributed by atoms with Crippen LogP contribution in [0.15, 0.2) is 24.8 Å². The van der Waals surface area contributed by atoms with Crippen LogP contribution in [0, 0.1) is 6.92 Å².